The van der Waals surface area contributed by atoms with Crippen LogP contribution in [0.5, 0.6) is 0 Å². The van der Waals surface area contributed by atoms with Gasteiger partial charge in [0.05, 0.1) is 15.5 Å². The van der Waals surface area contributed by atoms with Gasteiger partial charge in [-0.1, -0.05) is 30.7 Å². The zero-order valence-electron chi connectivity index (χ0n) is 10.3. The van der Waals surface area contributed by atoms with Crippen LogP contribution in [0.15, 0.2) is 41.1 Å². The molecule has 0 aliphatic rings. The molecule has 0 aliphatic carbocycles. The van der Waals surface area contributed by atoms with Crippen molar-refractivity contribution in [2.45, 2.75) is 13.0 Å². The Balaban J connectivity index is 2.52. The average Bonchev–Trinajstić information content (AvgIpc) is 2.41. The number of pyridine rings is 1. The zero-order valence-corrected chi connectivity index (χ0v) is 12.7. The van der Waals surface area contributed by atoms with Crippen molar-refractivity contribution in [3.05, 3.63) is 63.1 Å². The van der Waals surface area contributed by atoms with Crippen LogP contribution in [0.1, 0.15) is 24.1 Å². The lowest BCUT2D eigenvalue weighted by atomic mass is 9.99. The molecule has 1 heterocycles. The monoisotopic (exact) mass is 342 g/mol. The van der Waals surface area contributed by atoms with Gasteiger partial charge in [-0.25, -0.2) is 4.39 Å². The Morgan fingerprint density at radius 2 is 2.16 bits per heavy atom. The topological polar surface area (TPSA) is 24.9 Å². The first-order valence-corrected chi connectivity index (χ1v) is 7.09. The molecular weight excluding hydrogens is 331 g/mol. The summed E-state index contributed by atoms with van der Waals surface area (Å²) in [6, 6.07) is 6.75. The lowest BCUT2D eigenvalue weighted by Gasteiger charge is -2.20. The summed E-state index contributed by atoms with van der Waals surface area (Å²) in [4.78, 5) is 3.96. The summed E-state index contributed by atoms with van der Waals surface area (Å²) in [7, 11) is 0. The van der Waals surface area contributed by atoms with E-state index in [0.717, 1.165) is 5.56 Å². The van der Waals surface area contributed by atoms with E-state index in [2.05, 4.69) is 26.2 Å². The van der Waals surface area contributed by atoms with Gasteiger partial charge < -0.3 is 5.32 Å². The van der Waals surface area contributed by atoms with Gasteiger partial charge in [-0.15, -0.1) is 0 Å². The maximum Gasteiger partial charge on any atom is 0.142 e. The molecule has 1 N–H and O–H groups in total. The van der Waals surface area contributed by atoms with E-state index in [1.54, 1.807) is 30.6 Å². The third kappa shape index (κ3) is 3.14. The summed E-state index contributed by atoms with van der Waals surface area (Å²) in [5, 5.41) is 3.77. The molecule has 2 aromatic rings. The van der Waals surface area contributed by atoms with Crippen molar-refractivity contribution < 1.29 is 4.39 Å². The maximum atomic E-state index is 14.2. The van der Waals surface area contributed by atoms with Gasteiger partial charge in [0.25, 0.3) is 0 Å². The van der Waals surface area contributed by atoms with Crippen molar-refractivity contribution in [1.29, 1.82) is 0 Å². The molecule has 2 nitrogen and oxygen atoms in total. The molecule has 2 rings (SSSR count). The molecule has 0 fully saturated rings. The molecule has 1 aromatic carbocycles. The van der Waals surface area contributed by atoms with Gasteiger partial charge in [0.1, 0.15) is 5.82 Å². The Hall–Kier alpha value is -0.970. The van der Waals surface area contributed by atoms with Gasteiger partial charge in [-0.3, -0.25) is 4.98 Å². The minimum Gasteiger partial charge on any atom is -0.306 e. The fraction of sp³-hybridized carbons (Fsp3) is 0.214. The van der Waals surface area contributed by atoms with Crippen LogP contribution in [0.2, 0.25) is 5.02 Å². The highest BCUT2D eigenvalue weighted by molar-refractivity contribution is 9.10. The number of nitrogens with zero attached hydrogens (tertiary/aromatic N) is 1. The van der Waals surface area contributed by atoms with Crippen LogP contribution in [-0.4, -0.2) is 11.5 Å². The molecular formula is C14H13BrClFN2. The number of halogens is 3. The molecule has 0 spiro atoms. The van der Waals surface area contributed by atoms with Gasteiger partial charge in [0.2, 0.25) is 0 Å². The van der Waals surface area contributed by atoms with Crippen LogP contribution in [-0.2, 0) is 0 Å². The summed E-state index contributed by atoms with van der Waals surface area (Å²) in [6.45, 7) is 2.67. The number of aromatic nitrogens is 1. The van der Waals surface area contributed by atoms with E-state index in [9.17, 15) is 4.39 Å². The lowest BCUT2D eigenvalue weighted by Crippen LogP contribution is -2.23. The number of nitrogens with one attached hydrogen (secondary N) is 1. The predicted molar refractivity (Wildman–Crippen MR) is 78.9 cm³/mol. The van der Waals surface area contributed by atoms with Crippen molar-refractivity contribution in [2.75, 3.05) is 6.54 Å². The van der Waals surface area contributed by atoms with Gasteiger partial charge in [-0.2, -0.15) is 0 Å². The summed E-state index contributed by atoms with van der Waals surface area (Å²) in [5.41, 5.74) is 1.37. The first-order chi connectivity index (χ1) is 9.15. The highest BCUT2D eigenvalue weighted by Crippen LogP contribution is 2.31. The lowest BCUT2D eigenvalue weighted by molar-refractivity contribution is 0.555. The van der Waals surface area contributed by atoms with Gasteiger partial charge in [0.15, 0.2) is 0 Å². The smallest absolute Gasteiger partial charge is 0.142 e. The molecule has 1 aromatic heterocycles. The molecule has 0 saturated heterocycles. The second-order valence-corrected chi connectivity index (χ2v) is 5.29. The van der Waals surface area contributed by atoms with Gasteiger partial charge >= 0.3 is 0 Å². The van der Waals surface area contributed by atoms with E-state index in [4.69, 9.17) is 11.6 Å². The average molecular weight is 344 g/mol. The molecule has 0 aliphatic heterocycles. The van der Waals surface area contributed by atoms with Crippen LogP contribution in [0.4, 0.5) is 4.39 Å². The Bertz CT molecular complexity index is 577. The van der Waals surface area contributed by atoms with E-state index < -0.39 is 0 Å². The maximum absolute atomic E-state index is 14.2. The SMILES string of the molecule is CCNC(c1ccncc1Cl)c1cccc(Br)c1F. The van der Waals surface area contributed by atoms with Crippen molar-refractivity contribution in [3.63, 3.8) is 0 Å². The van der Waals surface area contributed by atoms with E-state index in [-0.39, 0.29) is 11.9 Å². The fourth-order valence-electron chi connectivity index (χ4n) is 1.96. The molecule has 0 saturated carbocycles. The Labute approximate surface area is 125 Å². The number of benzene rings is 1. The third-order valence-electron chi connectivity index (χ3n) is 2.82. The van der Waals surface area contributed by atoms with Crippen LogP contribution in [0.25, 0.3) is 0 Å². The second-order valence-electron chi connectivity index (χ2n) is 4.03. The predicted octanol–water partition coefficient (Wildman–Crippen LogP) is 4.34. The number of hydrogen-bond acceptors (Lipinski definition) is 2. The summed E-state index contributed by atoms with van der Waals surface area (Å²) < 4.78 is 14.7. The first kappa shape index (κ1) is 14.4. The van der Waals surface area contributed by atoms with Crippen LogP contribution in [0, 0.1) is 5.82 Å². The largest absolute Gasteiger partial charge is 0.306 e. The highest BCUT2D eigenvalue weighted by Gasteiger charge is 2.20. The number of hydrogen-bond donors (Lipinski definition) is 1. The van der Waals surface area contributed by atoms with Gasteiger partial charge in [0, 0.05) is 18.0 Å². The van der Waals surface area contributed by atoms with Crippen LogP contribution in [0.3, 0.4) is 0 Å². The number of rotatable bonds is 4. The second kappa shape index (κ2) is 6.46. The summed E-state index contributed by atoms with van der Waals surface area (Å²) in [5.74, 6) is -0.277. The Morgan fingerprint density at radius 1 is 1.37 bits per heavy atom. The molecule has 1 unspecified atom stereocenters. The quantitative estimate of drug-likeness (QED) is 0.893. The molecule has 0 amide bonds. The standard InChI is InChI=1S/C14H13BrClFN2/c1-2-19-14(9-6-7-18-8-12(9)16)10-4-3-5-11(15)13(10)17/h3-8,14,19H,2H2,1H3. The zero-order chi connectivity index (χ0) is 13.8. The van der Waals surface area contributed by atoms with Crippen molar-refractivity contribution in [3.8, 4) is 0 Å². The molecule has 1 atom stereocenters. The molecule has 5 heteroatoms. The minimum absolute atomic E-state index is 0.277. The molecule has 0 radical (unpaired) electrons. The normalized spacial score (nSPS) is 12.4. The highest BCUT2D eigenvalue weighted by atomic mass is 79.9. The fourth-order valence-corrected chi connectivity index (χ4v) is 2.57. The molecule has 0 bridgehead atoms. The van der Waals surface area contributed by atoms with E-state index in [0.29, 0.717) is 21.6 Å². The van der Waals surface area contributed by atoms with Crippen molar-refractivity contribution >= 4 is 27.5 Å². The Morgan fingerprint density at radius 3 is 2.84 bits per heavy atom. The first-order valence-electron chi connectivity index (χ1n) is 5.91. The van der Waals surface area contributed by atoms with Crippen molar-refractivity contribution in [1.82, 2.24) is 10.3 Å². The van der Waals surface area contributed by atoms with Crippen LogP contribution >= 0.6 is 27.5 Å². The minimum atomic E-state index is -0.294. The summed E-state index contributed by atoms with van der Waals surface area (Å²) >= 11 is 9.37. The third-order valence-corrected chi connectivity index (χ3v) is 3.74. The van der Waals surface area contributed by atoms with E-state index in [1.807, 2.05) is 13.0 Å². The van der Waals surface area contributed by atoms with Crippen molar-refractivity contribution in [2.24, 2.45) is 0 Å². The van der Waals surface area contributed by atoms with Gasteiger partial charge in [-0.05, 0) is 40.2 Å². The van der Waals surface area contributed by atoms with E-state index >= 15 is 0 Å². The van der Waals surface area contributed by atoms with Crippen LogP contribution < -0.4 is 5.32 Å². The molecule has 19 heavy (non-hydrogen) atoms. The Kier molecular flexibility index (Phi) is 4.91. The van der Waals surface area contributed by atoms with E-state index in [1.165, 1.54) is 0 Å². The summed E-state index contributed by atoms with van der Waals surface area (Å²) in [6.07, 6.45) is 3.22. The molecule has 100 valence electrons.